The molecule has 0 aliphatic heterocycles. The molecule has 202 valence electrons. The van der Waals surface area contributed by atoms with Crippen molar-refractivity contribution < 1.29 is 0 Å². The van der Waals surface area contributed by atoms with E-state index in [9.17, 15) is 0 Å². The average Bonchev–Trinajstić information content (AvgIpc) is 3.09. The SMILES string of the molecule is c1ccc(-c2c(-c3cc4ccccc4c4ccccc34)cccc2N(c2ccccc2)c2ccc3ccccc3c2)cc1. The maximum Gasteiger partial charge on any atom is 0.0546 e. The number of benzene rings is 8. The van der Waals surface area contributed by atoms with Crippen molar-refractivity contribution in [1.82, 2.24) is 0 Å². The molecular weight excluding hydrogens is 518 g/mol. The Morgan fingerprint density at radius 1 is 0.326 bits per heavy atom. The van der Waals surface area contributed by atoms with Gasteiger partial charge in [0.1, 0.15) is 0 Å². The molecule has 0 aliphatic rings. The Hall–Kier alpha value is -5.66. The molecule has 8 aromatic rings. The van der Waals surface area contributed by atoms with Crippen molar-refractivity contribution in [2.24, 2.45) is 0 Å². The Morgan fingerprint density at radius 2 is 0.953 bits per heavy atom. The Bertz CT molecular complexity index is 2230. The monoisotopic (exact) mass is 547 g/mol. The Morgan fingerprint density at radius 3 is 1.74 bits per heavy atom. The van der Waals surface area contributed by atoms with Crippen LogP contribution in [0, 0.1) is 0 Å². The minimum Gasteiger partial charge on any atom is -0.310 e. The van der Waals surface area contributed by atoms with E-state index in [4.69, 9.17) is 0 Å². The standard InChI is InChI=1S/C42H29N/c1-3-15-31(16-4-1)42-39(40-29-33-18-9-10-21-36(33)37-22-11-12-23-38(37)40)24-13-25-41(42)43(34-19-5-2-6-20-34)35-27-26-30-14-7-8-17-32(30)28-35/h1-29H. The van der Waals surface area contributed by atoms with Gasteiger partial charge in [-0.3, -0.25) is 0 Å². The average molecular weight is 548 g/mol. The predicted octanol–water partition coefficient (Wildman–Crippen LogP) is 11.9. The lowest BCUT2D eigenvalue weighted by atomic mass is 9.87. The summed E-state index contributed by atoms with van der Waals surface area (Å²) in [5, 5.41) is 7.51. The van der Waals surface area contributed by atoms with Gasteiger partial charge in [-0.25, -0.2) is 0 Å². The molecule has 0 fully saturated rings. The van der Waals surface area contributed by atoms with Crippen LogP contribution >= 0.6 is 0 Å². The van der Waals surface area contributed by atoms with Crippen LogP contribution < -0.4 is 4.90 Å². The highest BCUT2D eigenvalue weighted by Crippen LogP contribution is 2.47. The number of hydrogen-bond acceptors (Lipinski definition) is 1. The molecule has 0 heterocycles. The van der Waals surface area contributed by atoms with Gasteiger partial charge in [-0.15, -0.1) is 0 Å². The summed E-state index contributed by atoms with van der Waals surface area (Å²) in [5.74, 6) is 0. The van der Waals surface area contributed by atoms with Crippen molar-refractivity contribution in [2.45, 2.75) is 0 Å². The fourth-order valence-electron chi connectivity index (χ4n) is 6.46. The Kier molecular flexibility index (Phi) is 6.20. The summed E-state index contributed by atoms with van der Waals surface area (Å²) in [4.78, 5) is 2.40. The van der Waals surface area contributed by atoms with E-state index in [0.717, 1.165) is 17.1 Å². The summed E-state index contributed by atoms with van der Waals surface area (Å²) in [7, 11) is 0. The molecule has 0 atom stereocenters. The van der Waals surface area contributed by atoms with E-state index >= 15 is 0 Å². The first kappa shape index (κ1) is 25.1. The highest BCUT2D eigenvalue weighted by molar-refractivity contribution is 6.15. The van der Waals surface area contributed by atoms with Crippen molar-refractivity contribution in [3.8, 4) is 22.3 Å². The van der Waals surface area contributed by atoms with Gasteiger partial charge in [0.05, 0.1) is 5.69 Å². The lowest BCUT2D eigenvalue weighted by Gasteiger charge is -2.29. The number of anilines is 3. The number of rotatable bonds is 5. The van der Waals surface area contributed by atoms with Crippen LogP contribution in [-0.4, -0.2) is 0 Å². The molecule has 0 aromatic heterocycles. The van der Waals surface area contributed by atoms with Crippen LogP contribution in [0.25, 0.3) is 54.6 Å². The molecule has 0 saturated heterocycles. The van der Waals surface area contributed by atoms with E-state index in [1.165, 1.54) is 54.6 Å². The van der Waals surface area contributed by atoms with E-state index in [1.54, 1.807) is 0 Å². The fourth-order valence-corrected chi connectivity index (χ4v) is 6.46. The minimum absolute atomic E-state index is 1.12. The van der Waals surface area contributed by atoms with Gasteiger partial charge in [-0.05, 0) is 85.4 Å². The first-order valence-electron chi connectivity index (χ1n) is 14.8. The third-order valence-corrected chi connectivity index (χ3v) is 8.41. The van der Waals surface area contributed by atoms with Crippen molar-refractivity contribution in [2.75, 3.05) is 4.90 Å². The van der Waals surface area contributed by atoms with Crippen LogP contribution in [0.3, 0.4) is 0 Å². The van der Waals surface area contributed by atoms with Gasteiger partial charge in [-0.2, -0.15) is 0 Å². The zero-order valence-corrected chi connectivity index (χ0v) is 23.7. The van der Waals surface area contributed by atoms with Crippen LogP contribution in [0.15, 0.2) is 176 Å². The third kappa shape index (κ3) is 4.43. The highest BCUT2D eigenvalue weighted by atomic mass is 15.1. The van der Waals surface area contributed by atoms with E-state index in [2.05, 4.69) is 181 Å². The number of fused-ring (bicyclic) bond motifs is 4. The van der Waals surface area contributed by atoms with E-state index in [1.807, 2.05) is 0 Å². The van der Waals surface area contributed by atoms with E-state index in [0.29, 0.717) is 0 Å². The largest absolute Gasteiger partial charge is 0.310 e. The number of nitrogens with zero attached hydrogens (tertiary/aromatic N) is 1. The van der Waals surface area contributed by atoms with Crippen LogP contribution in [-0.2, 0) is 0 Å². The smallest absolute Gasteiger partial charge is 0.0546 e. The molecule has 0 bridgehead atoms. The van der Waals surface area contributed by atoms with E-state index < -0.39 is 0 Å². The zero-order valence-electron chi connectivity index (χ0n) is 23.7. The summed E-state index contributed by atoms with van der Waals surface area (Å²) in [6.45, 7) is 0. The topological polar surface area (TPSA) is 3.24 Å². The molecule has 0 amide bonds. The molecule has 8 aromatic carbocycles. The molecule has 0 unspecified atom stereocenters. The first-order valence-corrected chi connectivity index (χ1v) is 14.8. The quantitative estimate of drug-likeness (QED) is 0.194. The van der Waals surface area contributed by atoms with Gasteiger partial charge in [0.15, 0.2) is 0 Å². The lowest BCUT2D eigenvalue weighted by molar-refractivity contribution is 1.29. The number of para-hydroxylation sites is 1. The zero-order chi connectivity index (χ0) is 28.6. The van der Waals surface area contributed by atoms with Gasteiger partial charge in [0.2, 0.25) is 0 Å². The van der Waals surface area contributed by atoms with Crippen LogP contribution in [0.5, 0.6) is 0 Å². The normalized spacial score (nSPS) is 11.3. The van der Waals surface area contributed by atoms with Gasteiger partial charge in [0, 0.05) is 16.9 Å². The first-order chi connectivity index (χ1) is 21.3. The Labute approximate surface area is 251 Å². The molecule has 8 rings (SSSR count). The maximum atomic E-state index is 2.40. The molecule has 1 heteroatoms. The molecule has 0 N–H and O–H groups in total. The lowest BCUT2D eigenvalue weighted by Crippen LogP contribution is -2.11. The van der Waals surface area contributed by atoms with Gasteiger partial charge in [-0.1, -0.05) is 140 Å². The van der Waals surface area contributed by atoms with Crippen LogP contribution in [0.1, 0.15) is 0 Å². The second kappa shape index (κ2) is 10.6. The van der Waals surface area contributed by atoms with Crippen molar-refractivity contribution >= 4 is 49.4 Å². The molecule has 0 saturated carbocycles. The summed E-state index contributed by atoms with van der Waals surface area (Å²) in [5.41, 5.74) is 8.24. The third-order valence-electron chi connectivity index (χ3n) is 8.41. The molecule has 0 spiro atoms. The molecule has 1 nitrogen and oxygen atoms in total. The summed E-state index contributed by atoms with van der Waals surface area (Å²) >= 11 is 0. The fraction of sp³-hybridized carbons (Fsp3) is 0. The van der Waals surface area contributed by atoms with Crippen LogP contribution in [0.2, 0.25) is 0 Å². The summed E-state index contributed by atoms with van der Waals surface area (Å²) in [6, 6.07) is 63.5. The molecule has 43 heavy (non-hydrogen) atoms. The van der Waals surface area contributed by atoms with Crippen molar-refractivity contribution in [3.63, 3.8) is 0 Å². The number of hydrogen-bond donors (Lipinski definition) is 0. The van der Waals surface area contributed by atoms with Crippen molar-refractivity contribution in [3.05, 3.63) is 176 Å². The maximum absolute atomic E-state index is 2.40. The van der Waals surface area contributed by atoms with Crippen molar-refractivity contribution in [1.29, 1.82) is 0 Å². The highest BCUT2D eigenvalue weighted by Gasteiger charge is 2.22. The van der Waals surface area contributed by atoms with E-state index in [-0.39, 0.29) is 0 Å². The van der Waals surface area contributed by atoms with Gasteiger partial charge in [0.25, 0.3) is 0 Å². The second-order valence-corrected chi connectivity index (χ2v) is 11.0. The molecular formula is C42H29N. The van der Waals surface area contributed by atoms with Gasteiger partial charge < -0.3 is 4.90 Å². The summed E-state index contributed by atoms with van der Waals surface area (Å²) in [6.07, 6.45) is 0. The molecule has 0 aliphatic carbocycles. The summed E-state index contributed by atoms with van der Waals surface area (Å²) < 4.78 is 0. The molecule has 0 radical (unpaired) electrons. The Balaban J connectivity index is 1.47. The minimum atomic E-state index is 1.12. The predicted molar refractivity (Wildman–Crippen MR) is 185 cm³/mol. The second-order valence-electron chi connectivity index (χ2n) is 11.0. The van der Waals surface area contributed by atoms with Crippen LogP contribution in [0.4, 0.5) is 17.1 Å². The van der Waals surface area contributed by atoms with Gasteiger partial charge >= 0.3 is 0 Å².